The Balaban J connectivity index is 1.30. The molecule has 8 heteroatoms. The second-order valence-electron chi connectivity index (χ2n) is 9.79. The zero-order valence-electron chi connectivity index (χ0n) is 19.4. The maximum atomic E-state index is 13.2. The highest BCUT2D eigenvalue weighted by atomic mass is 19.1. The Morgan fingerprint density at radius 3 is 2.55 bits per heavy atom. The van der Waals surface area contributed by atoms with Gasteiger partial charge in [0.05, 0.1) is 19.3 Å². The monoisotopic (exact) mass is 460 g/mol. The van der Waals surface area contributed by atoms with Gasteiger partial charge in [0.15, 0.2) is 0 Å². The van der Waals surface area contributed by atoms with Crippen LogP contribution in [0.1, 0.15) is 37.7 Å². The van der Waals surface area contributed by atoms with E-state index in [2.05, 4.69) is 15.5 Å². The molecule has 33 heavy (non-hydrogen) atoms. The summed E-state index contributed by atoms with van der Waals surface area (Å²) in [6.07, 6.45) is 5.57. The number of halogens is 1. The molecule has 0 spiro atoms. The van der Waals surface area contributed by atoms with E-state index < -0.39 is 0 Å². The van der Waals surface area contributed by atoms with Crippen molar-refractivity contribution in [2.75, 3.05) is 52.5 Å². The average Bonchev–Trinajstić information content (AvgIpc) is 3.65. The number of piperidine rings is 1. The molecule has 1 aromatic rings. The molecule has 1 aromatic carbocycles. The van der Waals surface area contributed by atoms with Gasteiger partial charge in [0.25, 0.3) is 0 Å². The van der Waals surface area contributed by atoms with Gasteiger partial charge in [0.2, 0.25) is 5.91 Å². The molecule has 1 saturated carbocycles. The molecule has 4 rings (SSSR count). The fourth-order valence-corrected chi connectivity index (χ4v) is 4.80. The molecule has 0 aromatic heterocycles. The lowest BCUT2D eigenvalue weighted by molar-refractivity contribution is -0.133. The third kappa shape index (κ3) is 7.96. The summed E-state index contributed by atoms with van der Waals surface area (Å²) in [6, 6.07) is 6.25. The Bertz CT molecular complexity index is 780. The van der Waals surface area contributed by atoms with E-state index in [0.29, 0.717) is 51.1 Å². The first-order valence-electron chi connectivity index (χ1n) is 12.4. The third-order valence-electron chi connectivity index (χ3n) is 6.90. The number of hydrogen-bond donors (Lipinski definition) is 2. The normalized spacial score (nSPS) is 22.6. The molecule has 2 aliphatic heterocycles. The van der Waals surface area contributed by atoms with Crippen LogP contribution in [0.3, 0.4) is 0 Å². The zero-order chi connectivity index (χ0) is 23.0. The number of morpholine rings is 1. The van der Waals surface area contributed by atoms with Gasteiger partial charge in [-0.2, -0.15) is 0 Å². The predicted molar refractivity (Wildman–Crippen MR) is 124 cm³/mol. The van der Waals surface area contributed by atoms with Crippen molar-refractivity contribution in [1.29, 1.82) is 0 Å². The van der Waals surface area contributed by atoms with E-state index in [1.54, 1.807) is 0 Å². The lowest BCUT2D eigenvalue weighted by Gasteiger charge is -2.35. The Labute approximate surface area is 196 Å². The highest BCUT2D eigenvalue weighted by molar-refractivity contribution is 5.79. The lowest BCUT2D eigenvalue weighted by Crippen LogP contribution is -2.52. The van der Waals surface area contributed by atoms with Crippen LogP contribution in [-0.4, -0.2) is 80.3 Å². The van der Waals surface area contributed by atoms with Crippen molar-refractivity contribution in [3.05, 3.63) is 35.6 Å². The molecule has 2 N–H and O–H groups in total. The number of carbonyl (C=O) groups excluding carboxylic acids is 2. The highest BCUT2D eigenvalue weighted by Gasteiger charge is 2.28. The first-order chi connectivity index (χ1) is 16.0. The topological polar surface area (TPSA) is 73.9 Å². The van der Waals surface area contributed by atoms with E-state index in [1.807, 2.05) is 17.0 Å². The van der Waals surface area contributed by atoms with Gasteiger partial charge in [-0.15, -0.1) is 0 Å². The van der Waals surface area contributed by atoms with Gasteiger partial charge in [0.1, 0.15) is 5.82 Å². The van der Waals surface area contributed by atoms with E-state index in [1.165, 1.54) is 25.0 Å². The SMILES string of the molecule is O=C(NCC1CC1)N[C@@H](CC(=O)N1CCCC(Cc2ccc(F)cc2)C1)CN1CCOCC1. The van der Waals surface area contributed by atoms with Crippen LogP contribution in [0.2, 0.25) is 0 Å². The van der Waals surface area contributed by atoms with E-state index in [0.717, 1.165) is 44.5 Å². The van der Waals surface area contributed by atoms with Gasteiger partial charge in [-0.25, -0.2) is 9.18 Å². The van der Waals surface area contributed by atoms with Gasteiger partial charge in [0, 0.05) is 45.7 Å². The average molecular weight is 461 g/mol. The fourth-order valence-electron chi connectivity index (χ4n) is 4.80. The zero-order valence-corrected chi connectivity index (χ0v) is 19.4. The van der Waals surface area contributed by atoms with Crippen molar-refractivity contribution in [3.63, 3.8) is 0 Å². The fraction of sp³-hybridized carbons (Fsp3) is 0.680. The number of rotatable bonds is 9. The van der Waals surface area contributed by atoms with Gasteiger partial charge in [-0.1, -0.05) is 12.1 Å². The minimum atomic E-state index is -0.229. The van der Waals surface area contributed by atoms with Gasteiger partial charge in [-0.3, -0.25) is 9.69 Å². The highest BCUT2D eigenvalue weighted by Crippen LogP contribution is 2.27. The maximum Gasteiger partial charge on any atom is 0.315 e. The number of carbonyl (C=O) groups is 2. The quantitative estimate of drug-likeness (QED) is 0.594. The molecule has 2 heterocycles. The molecule has 182 valence electrons. The summed E-state index contributed by atoms with van der Waals surface area (Å²) < 4.78 is 18.6. The molecule has 2 saturated heterocycles. The molecule has 1 unspecified atom stereocenters. The number of urea groups is 1. The molecule has 3 aliphatic rings. The van der Waals surface area contributed by atoms with E-state index in [-0.39, 0.29) is 23.8 Å². The molecule has 1 aliphatic carbocycles. The van der Waals surface area contributed by atoms with E-state index in [4.69, 9.17) is 4.74 Å². The molecule has 3 amide bonds. The van der Waals surface area contributed by atoms with Crippen molar-refractivity contribution in [3.8, 4) is 0 Å². The van der Waals surface area contributed by atoms with Crippen LogP contribution in [0, 0.1) is 17.7 Å². The van der Waals surface area contributed by atoms with Crippen LogP contribution in [0.15, 0.2) is 24.3 Å². The van der Waals surface area contributed by atoms with Crippen molar-refractivity contribution < 1.29 is 18.7 Å². The maximum absolute atomic E-state index is 13.2. The van der Waals surface area contributed by atoms with Crippen LogP contribution in [0.4, 0.5) is 9.18 Å². The van der Waals surface area contributed by atoms with Crippen LogP contribution >= 0.6 is 0 Å². The number of hydrogen-bond acceptors (Lipinski definition) is 4. The number of benzene rings is 1. The Hall–Kier alpha value is -2.19. The largest absolute Gasteiger partial charge is 0.379 e. The second kappa shape index (κ2) is 11.8. The minimum absolute atomic E-state index is 0.0968. The minimum Gasteiger partial charge on any atom is -0.379 e. The van der Waals surface area contributed by atoms with E-state index in [9.17, 15) is 14.0 Å². The Kier molecular flexibility index (Phi) is 8.56. The first-order valence-corrected chi connectivity index (χ1v) is 12.4. The summed E-state index contributed by atoms with van der Waals surface area (Å²) in [5, 5.41) is 6.02. The van der Waals surface area contributed by atoms with Crippen LogP contribution in [0.25, 0.3) is 0 Å². The molecule has 2 atom stereocenters. The van der Waals surface area contributed by atoms with Gasteiger partial charge < -0.3 is 20.3 Å². The van der Waals surface area contributed by atoms with Gasteiger partial charge >= 0.3 is 6.03 Å². The molecule has 0 bridgehead atoms. The Morgan fingerprint density at radius 2 is 1.82 bits per heavy atom. The number of amides is 3. The van der Waals surface area contributed by atoms with Crippen molar-refractivity contribution in [2.45, 2.75) is 44.6 Å². The number of likely N-dealkylation sites (tertiary alicyclic amines) is 1. The van der Waals surface area contributed by atoms with Crippen LogP contribution < -0.4 is 10.6 Å². The summed E-state index contributed by atoms with van der Waals surface area (Å²) in [5.41, 5.74) is 1.11. The summed E-state index contributed by atoms with van der Waals surface area (Å²) in [7, 11) is 0. The van der Waals surface area contributed by atoms with E-state index >= 15 is 0 Å². The number of nitrogens with zero attached hydrogens (tertiary/aromatic N) is 2. The predicted octanol–water partition coefficient (Wildman–Crippen LogP) is 2.41. The molecular weight excluding hydrogens is 423 g/mol. The summed E-state index contributed by atoms with van der Waals surface area (Å²) >= 11 is 0. The third-order valence-corrected chi connectivity index (χ3v) is 6.90. The number of nitrogens with one attached hydrogen (secondary N) is 2. The smallest absolute Gasteiger partial charge is 0.315 e. The second-order valence-corrected chi connectivity index (χ2v) is 9.79. The Morgan fingerprint density at radius 1 is 1.06 bits per heavy atom. The van der Waals surface area contributed by atoms with Crippen molar-refractivity contribution in [1.82, 2.24) is 20.4 Å². The summed E-state index contributed by atoms with van der Waals surface area (Å²) in [5.74, 6) is 0.862. The van der Waals surface area contributed by atoms with Crippen molar-refractivity contribution >= 4 is 11.9 Å². The lowest BCUT2D eigenvalue weighted by atomic mass is 9.91. The molecule has 7 nitrogen and oxygen atoms in total. The van der Waals surface area contributed by atoms with Gasteiger partial charge in [-0.05, 0) is 61.6 Å². The van der Waals surface area contributed by atoms with Crippen LogP contribution in [-0.2, 0) is 16.0 Å². The number of ether oxygens (including phenoxy) is 1. The molecule has 0 radical (unpaired) electrons. The standard InChI is InChI=1S/C25H37FN4O3/c26-22-7-5-19(6-8-22)14-21-2-1-9-30(17-21)24(31)15-23(18-29-10-12-33-13-11-29)28-25(32)27-16-20-3-4-20/h5-8,20-21,23H,1-4,9-18H2,(H2,27,28,32)/t21?,23-/m0/s1. The molecule has 3 fully saturated rings. The summed E-state index contributed by atoms with van der Waals surface area (Å²) in [6.45, 7) is 5.85. The van der Waals surface area contributed by atoms with Crippen molar-refractivity contribution in [2.24, 2.45) is 11.8 Å². The first kappa shape index (κ1) is 24.0. The molecular formula is C25H37FN4O3. The van der Waals surface area contributed by atoms with Crippen LogP contribution in [0.5, 0.6) is 0 Å². The summed E-state index contributed by atoms with van der Waals surface area (Å²) in [4.78, 5) is 29.9.